The first-order valence-electron chi connectivity index (χ1n) is 10.6. The fraction of sp³-hybridized carbons (Fsp3) is 0.333. The molecule has 1 N–H and O–H groups in total. The molecule has 0 bridgehead atoms. The van der Waals surface area contributed by atoms with Crippen LogP contribution >= 0.6 is 11.8 Å². The molecule has 2 amide bonds. The minimum atomic E-state index is -0.0785. The Balaban J connectivity index is 1.67. The van der Waals surface area contributed by atoms with Gasteiger partial charge in [0.15, 0.2) is 0 Å². The van der Waals surface area contributed by atoms with E-state index >= 15 is 0 Å². The Morgan fingerprint density at radius 1 is 1.03 bits per heavy atom. The van der Waals surface area contributed by atoms with Crippen LogP contribution in [0, 0.1) is 0 Å². The van der Waals surface area contributed by atoms with Gasteiger partial charge in [-0.1, -0.05) is 18.2 Å². The van der Waals surface area contributed by atoms with Crippen LogP contribution in [-0.4, -0.2) is 46.7 Å². The number of thioether (sulfide) groups is 1. The lowest BCUT2D eigenvalue weighted by Gasteiger charge is -2.19. The van der Waals surface area contributed by atoms with Gasteiger partial charge in [0.2, 0.25) is 11.8 Å². The molecule has 0 saturated carbocycles. The number of hydrogen-bond donors (Lipinski definition) is 1. The Morgan fingerprint density at radius 3 is 2.42 bits per heavy atom. The van der Waals surface area contributed by atoms with Crippen molar-refractivity contribution in [1.29, 1.82) is 0 Å². The van der Waals surface area contributed by atoms with Crippen LogP contribution in [-0.2, 0) is 16.1 Å². The SMILES string of the molecule is CCOc1ccc(NC(=O)CSc2cn(CC(=O)N(CC)CC)c3ccccc23)cc1. The van der Waals surface area contributed by atoms with E-state index in [0.717, 1.165) is 27.2 Å². The quantitative estimate of drug-likeness (QED) is 0.468. The van der Waals surface area contributed by atoms with Crippen molar-refractivity contribution in [1.82, 2.24) is 9.47 Å². The Morgan fingerprint density at radius 2 is 1.74 bits per heavy atom. The summed E-state index contributed by atoms with van der Waals surface area (Å²) in [6, 6.07) is 15.3. The van der Waals surface area contributed by atoms with E-state index in [9.17, 15) is 9.59 Å². The van der Waals surface area contributed by atoms with Crippen molar-refractivity contribution in [3.05, 3.63) is 54.7 Å². The van der Waals surface area contributed by atoms with Crippen LogP contribution in [0.1, 0.15) is 20.8 Å². The number of carbonyl (C=O) groups excluding carboxylic acids is 2. The summed E-state index contributed by atoms with van der Waals surface area (Å²) in [4.78, 5) is 27.9. The molecule has 0 unspecified atom stereocenters. The molecule has 3 aromatic rings. The largest absolute Gasteiger partial charge is 0.494 e. The van der Waals surface area contributed by atoms with Crippen molar-refractivity contribution < 1.29 is 14.3 Å². The van der Waals surface area contributed by atoms with Gasteiger partial charge in [-0.25, -0.2) is 0 Å². The molecule has 1 aromatic heterocycles. The van der Waals surface area contributed by atoms with Crippen LogP contribution in [0.15, 0.2) is 59.6 Å². The van der Waals surface area contributed by atoms with Crippen LogP contribution in [0.2, 0.25) is 0 Å². The summed E-state index contributed by atoms with van der Waals surface area (Å²) >= 11 is 1.47. The Labute approximate surface area is 187 Å². The predicted octanol–water partition coefficient (Wildman–Crippen LogP) is 4.64. The summed E-state index contributed by atoms with van der Waals surface area (Å²) in [5, 5.41) is 3.97. The molecule has 0 aliphatic heterocycles. The van der Waals surface area contributed by atoms with E-state index in [4.69, 9.17) is 4.74 Å². The molecule has 0 atom stereocenters. The molecule has 0 fully saturated rings. The zero-order valence-corrected chi connectivity index (χ0v) is 19.1. The molecule has 7 heteroatoms. The summed E-state index contributed by atoms with van der Waals surface area (Å²) in [6.45, 7) is 8.20. The summed E-state index contributed by atoms with van der Waals surface area (Å²) < 4.78 is 7.40. The maximum Gasteiger partial charge on any atom is 0.242 e. The summed E-state index contributed by atoms with van der Waals surface area (Å²) in [5.41, 5.74) is 1.73. The lowest BCUT2D eigenvalue weighted by Crippen LogP contribution is -2.33. The zero-order chi connectivity index (χ0) is 22.2. The van der Waals surface area contributed by atoms with Gasteiger partial charge in [0.1, 0.15) is 12.3 Å². The number of likely N-dealkylation sites (N-methyl/N-ethyl adjacent to an activating group) is 1. The van der Waals surface area contributed by atoms with Crippen LogP contribution in [0.4, 0.5) is 5.69 Å². The number of nitrogens with zero attached hydrogens (tertiary/aromatic N) is 2. The predicted molar refractivity (Wildman–Crippen MR) is 127 cm³/mol. The van der Waals surface area contributed by atoms with Crippen LogP contribution in [0.3, 0.4) is 0 Å². The first-order chi connectivity index (χ1) is 15.0. The van der Waals surface area contributed by atoms with Crippen molar-refractivity contribution in [2.45, 2.75) is 32.2 Å². The van der Waals surface area contributed by atoms with E-state index in [-0.39, 0.29) is 17.6 Å². The highest BCUT2D eigenvalue weighted by atomic mass is 32.2. The zero-order valence-electron chi connectivity index (χ0n) is 18.3. The monoisotopic (exact) mass is 439 g/mol. The number of benzene rings is 2. The number of hydrogen-bond acceptors (Lipinski definition) is 4. The maximum atomic E-state index is 12.6. The molecule has 3 rings (SSSR count). The van der Waals surface area contributed by atoms with Gasteiger partial charge in [0.25, 0.3) is 0 Å². The number of rotatable bonds is 10. The van der Waals surface area contributed by atoms with Crippen molar-refractivity contribution in [3.8, 4) is 5.75 Å². The van der Waals surface area contributed by atoms with E-state index in [1.807, 2.05) is 85.0 Å². The minimum Gasteiger partial charge on any atom is -0.494 e. The standard InChI is InChI=1S/C24H29N3O3S/c1-4-26(5-2)24(29)16-27-15-22(20-9-7-8-10-21(20)27)31-17-23(28)25-18-11-13-19(14-12-18)30-6-3/h7-15H,4-6,16-17H2,1-3H3,(H,25,28). The first-order valence-corrected chi connectivity index (χ1v) is 11.5. The molecular weight excluding hydrogens is 410 g/mol. The number of carbonyl (C=O) groups is 2. The van der Waals surface area contributed by atoms with Gasteiger partial charge in [-0.2, -0.15) is 0 Å². The fourth-order valence-electron chi connectivity index (χ4n) is 3.42. The van der Waals surface area contributed by atoms with Crippen molar-refractivity contribution >= 4 is 40.2 Å². The molecule has 2 aromatic carbocycles. The van der Waals surface area contributed by atoms with Gasteiger partial charge in [-0.3, -0.25) is 9.59 Å². The van der Waals surface area contributed by atoms with Gasteiger partial charge in [-0.05, 0) is 51.1 Å². The molecule has 0 aliphatic carbocycles. The third-order valence-electron chi connectivity index (χ3n) is 4.98. The molecule has 6 nitrogen and oxygen atoms in total. The molecule has 164 valence electrons. The summed E-state index contributed by atoms with van der Waals surface area (Å²) in [6.07, 6.45) is 1.97. The number of ether oxygens (including phenoxy) is 1. The number of aromatic nitrogens is 1. The molecule has 31 heavy (non-hydrogen) atoms. The normalized spacial score (nSPS) is 10.8. The lowest BCUT2D eigenvalue weighted by molar-refractivity contribution is -0.131. The van der Waals surface area contributed by atoms with Crippen molar-refractivity contribution in [2.75, 3.05) is 30.8 Å². The van der Waals surface area contributed by atoms with Crippen LogP contribution < -0.4 is 10.1 Å². The molecule has 0 saturated heterocycles. The third-order valence-corrected chi connectivity index (χ3v) is 6.02. The third kappa shape index (κ3) is 5.82. The first kappa shape index (κ1) is 22.7. The van der Waals surface area contributed by atoms with Gasteiger partial charge in [0.05, 0.1) is 12.4 Å². The van der Waals surface area contributed by atoms with Crippen molar-refractivity contribution in [3.63, 3.8) is 0 Å². The second kappa shape index (κ2) is 10.9. The molecule has 1 heterocycles. The Bertz CT molecular complexity index is 1030. The fourth-order valence-corrected chi connectivity index (χ4v) is 4.31. The van der Waals surface area contributed by atoms with Gasteiger partial charge in [0, 0.05) is 40.8 Å². The number of fused-ring (bicyclic) bond motifs is 1. The summed E-state index contributed by atoms with van der Waals surface area (Å²) in [7, 11) is 0. The van der Waals surface area contributed by atoms with Crippen LogP contribution in [0.25, 0.3) is 10.9 Å². The number of anilines is 1. The topological polar surface area (TPSA) is 63.6 Å². The molecule has 0 spiro atoms. The lowest BCUT2D eigenvalue weighted by atomic mass is 10.2. The molecule has 0 radical (unpaired) electrons. The number of nitrogens with one attached hydrogen (secondary N) is 1. The average Bonchev–Trinajstić information content (AvgIpc) is 3.12. The minimum absolute atomic E-state index is 0.0785. The second-order valence-corrected chi connectivity index (χ2v) is 8.02. The highest BCUT2D eigenvalue weighted by Crippen LogP contribution is 2.30. The van der Waals surface area contributed by atoms with E-state index in [0.29, 0.717) is 26.2 Å². The van der Waals surface area contributed by atoms with Crippen LogP contribution in [0.5, 0.6) is 5.75 Å². The summed E-state index contributed by atoms with van der Waals surface area (Å²) in [5.74, 6) is 1.08. The second-order valence-electron chi connectivity index (χ2n) is 7.00. The smallest absolute Gasteiger partial charge is 0.242 e. The number of para-hydroxylation sites is 1. The Kier molecular flexibility index (Phi) is 8.00. The average molecular weight is 440 g/mol. The van der Waals surface area contributed by atoms with E-state index < -0.39 is 0 Å². The number of amides is 2. The van der Waals surface area contributed by atoms with Gasteiger partial charge >= 0.3 is 0 Å². The van der Waals surface area contributed by atoms with Gasteiger partial charge in [-0.15, -0.1) is 11.8 Å². The van der Waals surface area contributed by atoms with Gasteiger partial charge < -0.3 is 19.5 Å². The molecule has 0 aliphatic rings. The van der Waals surface area contributed by atoms with Crippen molar-refractivity contribution in [2.24, 2.45) is 0 Å². The van der Waals surface area contributed by atoms with E-state index in [2.05, 4.69) is 5.32 Å². The molecular formula is C24H29N3O3S. The highest BCUT2D eigenvalue weighted by Gasteiger charge is 2.15. The van der Waals surface area contributed by atoms with E-state index in [1.165, 1.54) is 11.8 Å². The van der Waals surface area contributed by atoms with E-state index in [1.54, 1.807) is 0 Å². The highest BCUT2D eigenvalue weighted by molar-refractivity contribution is 8.00. The Hall–Kier alpha value is -2.93. The maximum absolute atomic E-state index is 12.6.